The minimum absolute atomic E-state index is 0.0177. The molecule has 3 saturated heterocycles. The molecule has 0 aliphatic carbocycles. The lowest BCUT2D eigenvalue weighted by Gasteiger charge is -2.42. The molecule has 0 aromatic carbocycles. The van der Waals surface area contributed by atoms with E-state index >= 15 is 0 Å². The zero-order valence-corrected chi connectivity index (χ0v) is 67.3. The Morgan fingerprint density at radius 1 is 0.360 bits per heavy atom. The fourth-order valence-corrected chi connectivity index (χ4v) is 13.6. The van der Waals surface area contributed by atoms with Gasteiger partial charge in [0.15, 0.2) is 18.9 Å². The van der Waals surface area contributed by atoms with Crippen molar-refractivity contribution < 1.29 is 165 Å². The fraction of sp³-hybridized carbons (Fsp3) is 0.870. The first-order valence-corrected chi connectivity index (χ1v) is 42.0. The van der Waals surface area contributed by atoms with E-state index in [1.54, 1.807) is 0 Å². The topological polar surface area (TPSA) is 625 Å². The van der Waals surface area contributed by atoms with Gasteiger partial charge in [-0.3, -0.25) is 56.7 Å². The number of nitrogens with one attached hydrogen (secondary N) is 6. The molecule has 3 heterocycles. The van der Waals surface area contributed by atoms with E-state index in [1.807, 2.05) is 0 Å². The summed E-state index contributed by atoms with van der Waals surface area (Å²) in [5.41, 5.74) is 0. The van der Waals surface area contributed by atoms with Crippen molar-refractivity contribution in [1.82, 2.24) is 46.8 Å². The highest BCUT2D eigenvalue weighted by Crippen LogP contribution is 2.45. The molecular weight excluding hydrogens is 1560 g/mol. The van der Waals surface area contributed by atoms with Crippen molar-refractivity contribution in [2.75, 3.05) is 119 Å². The van der Waals surface area contributed by atoms with Crippen LogP contribution in [0.3, 0.4) is 0 Å². The number of aliphatic hydroxyl groups excluding tert-OH is 11. The summed E-state index contributed by atoms with van der Waals surface area (Å²) in [5, 5.41) is 126. The molecule has 43 nitrogen and oxygen atoms in total. The van der Waals surface area contributed by atoms with E-state index in [4.69, 9.17) is 46.6 Å². The highest BCUT2D eigenvalue weighted by Gasteiger charge is 2.48. The van der Waals surface area contributed by atoms with Crippen LogP contribution < -0.4 is 31.9 Å². The maximum Gasteiger partial charge on any atom is 0.494 e. The number of aliphatic hydroxyl groups is 11. The van der Waals surface area contributed by atoms with E-state index in [9.17, 15) is 118 Å². The largest absolute Gasteiger partial charge is 0.494 e. The Kier molecular flexibility index (Phi) is 52.2. The fourth-order valence-electron chi connectivity index (χ4n) is 12.2. The summed E-state index contributed by atoms with van der Waals surface area (Å²) < 4.78 is 80.7. The average Bonchev–Trinajstić information content (AvgIpc) is 0.818. The summed E-state index contributed by atoms with van der Waals surface area (Å²) in [6.45, 7) is -1.92. The summed E-state index contributed by atoms with van der Waals surface area (Å²) in [4.78, 5) is 136. The van der Waals surface area contributed by atoms with Crippen LogP contribution >= 0.6 is 15.6 Å². The predicted octanol–water partition coefficient (Wildman–Crippen LogP) is -3.81. The molecule has 3 aliphatic rings. The van der Waals surface area contributed by atoms with Gasteiger partial charge in [0, 0.05) is 118 Å². The molecule has 45 heteroatoms. The Morgan fingerprint density at radius 2 is 0.675 bits per heavy atom. The van der Waals surface area contributed by atoms with Crippen LogP contribution in [0.4, 0.5) is 0 Å². The van der Waals surface area contributed by atoms with E-state index in [0.717, 1.165) is 4.90 Å². The van der Waals surface area contributed by atoms with Gasteiger partial charge >= 0.3 is 15.6 Å². The molecule has 3 aliphatic heterocycles. The van der Waals surface area contributed by atoms with E-state index in [-0.39, 0.29) is 115 Å². The number of hydrogen-bond donors (Lipinski definition) is 19. The van der Waals surface area contributed by atoms with Crippen molar-refractivity contribution >= 4 is 68.8 Å². The summed E-state index contributed by atoms with van der Waals surface area (Å²) in [7, 11) is -10.2. The normalized spacial score (nSPS) is 24.6. The van der Waals surface area contributed by atoms with E-state index < -0.39 is 209 Å². The van der Waals surface area contributed by atoms with Crippen LogP contribution in [0.15, 0.2) is 0 Å². The van der Waals surface area contributed by atoms with E-state index in [2.05, 4.69) is 31.9 Å². The lowest BCUT2D eigenvalue weighted by atomic mass is 9.97. The Bertz CT molecular complexity index is 2910. The van der Waals surface area contributed by atoms with Gasteiger partial charge in [0.25, 0.3) is 0 Å². The highest BCUT2D eigenvalue weighted by atomic mass is 31.2. The number of phosphoric acid groups is 2. The molecule has 0 spiro atoms. The SMILES string of the molecule is CC(=O)NC1C(OCCCCCC(=O)NCCCCCC(=O)N(CCO)CCOP(=O)(O)OCN(CCOP(=O)(O)ON(CCO)C(=O)CCCCCNC(=O)CCCCCOC2OC(CO)C(O)C(O)C2NC(C)=O)C(=O)CCCCCNC(=O)CCCCCOC2OC(CO)C(O)C(O)C2NC(C)=O)OC(CO)C(O)C1O. The molecule has 3 rings (SSSR count). The number of unbranched alkanes of at least 4 members (excludes halogenated alkanes) is 12. The average molecular weight is 1690 g/mol. The molecule has 0 saturated carbocycles. The molecule has 0 aromatic rings. The van der Waals surface area contributed by atoms with Crippen molar-refractivity contribution in [2.24, 2.45) is 0 Å². The zero-order chi connectivity index (χ0) is 84.6. The summed E-state index contributed by atoms with van der Waals surface area (Å²) in [5.74, 6) is -4.08. The van der Waals surface area contributed by atoms with Gasteiger partial charge in [-0.05, 0) is 77.0 Å². The van der Waals surface area contributed by atoms with Gasteiger partial charge in [-0.2, -0.15) is 4.62 Å². The maximum absolute atomic E-state index is 13.7. The summed E-state index contributed by atoms with van der Waals surface area (Å²) >= 11 is 0. The van der Waals surface area contributed by atoms with Gasteiger partial charge in [0.05, 0.1) is 52.8 Å². The van der Waals surface area contributed by atoms with E-state index in [1.165, 1.54) is 25.7 Å². The van der Waals surface area contributed by atoms with Gasteiger partial charge in [-0.25, -0.2) is 14.2 Å². The van der Waals surface area contributed by atoms with Crippen molar-refractivity contribution in [2.45, 2.75) is 267 Å². The molecule has 3 fully saturated rings. The number of phosphoric ester groups is 2. The third-order valence-corrected chi connectivity index (χ3v) is 20.2. The summed E-state index contributed by atoms with van der Waals surface area (Å²) in [6.07, 6.45) is -7.20. The monoisotopic (exact) mass is 1690 g/mol. The third kappa shape index (κ3) is 41.4. The van der Waals surface area contributed by atoms with E-state index in [0.29, 0.717) is 114 Å². The molecule has 19 N–H and O–H groups in total. The van der Waals surface area contributed by atoms with Crippen molar-refractivity contribution in [3.8, 4) is 0 Å². The molecular formula is C69H127N9O34P2. The highest BCUT2D eigenvalue weighted by molar-refractivity contribution is 7.47. The van der Waals surface area contributed by atoms with Gasteiger partial charge in [0.2, 0.25) is 53.2 Å². The first-order valence-electron chi connectivity index (χ1n) is 39.0. The second kappa shape index (κ2) is 57.8. The maximum atomic E-state index is 13.7. The number of hydrogen-bond acceptors (Lipinski definition) is 32. The number of carbonyl (C=O) groups excluding carboxylic acids is 9. The first-order chi connectivity index (χ1) is 54.3. The van der Waals surface area contributed by atoms with Crippen LogP contribution in [0.2, 0.25) is 0 Å². The minimum Gasteiger partial charge on any atom is -0.395 e. The Balaban J connectivity index is 1.46. The van der Waals surface area contributed by atoms with Crippen molar-refractivity contribution in [1.29, 1.82) is 0 Å². The molecule has 114 heavy (non-hydrogen) atoms. The zero-order valence-electron chi connectivity index (χ0n) is 65.5. The van der Waals surface area contributed by atoms with Crippen LogP contribution in [0, 0.1) is 0 Å². The minimum atomic E-state index is -5.20. The predicted molar refractivity (Wildman–Crippen MR) is 397 cm³/mol. The van der Waals surface area contributed by atoms with Crippen LogP contribution in [0.1, 0.15) is 175 Å². The molecule has 0 aromatic heterocycles. The van der Waals surface area contributed by atoms with Gasteiger partial charge in [-0.1, -0.05) is 38.5 Å². The lowest BCUT2D eigenvalue weighted by Crippen LogP contribution is -2.64. The van der Waals surface area contributed by atoms with Gasteiger partial charge < -0.3 is 136 Å². The molecule has 662 valence electrons. The number of ether oxygens (including phenoxy) is 6. The molecule has 0 radical (unpaired) electrons. The second-order valence-corrected chi connectivity index (χ2v) is 30.6. The molecule has 17 unspecified atom stereocenters. The van der Waals surface area contributed by atoms with Crippen LogP contribution in [0.5, 0.6) is 0 Å². The van der Waals surface area contributed by atoms with Gasteiger partial charge in [0.1, 0.15) is 79.8 Å². The molecule has 9 amide bonds. The van der Waals surface area contributed by atoms with Crippen LogP contribution in [-0.4, -0.2) is 345 Å². The standard InChI is InChI=1S/C69H127N9O34P2/c1-46(84)73-58-64(96)61(93)49(42-81)109-67(58)103-37-19-7-10-22-52(87)70-28-16-4-13-25-55(90)76(31-35-79)33-40-106-113(99,100)108-45-77(56(91)26-14-5-17-29-71-53(88)23-11-8-20-38-104-68-59(74-47(2)85)65(97)62(94)50(43-82)110-68)34-41-107-114(101,102)112-78(32-36-80)57(92)27-15-6-18-30-72-54(89)24-12-9-21-39-105-69-60(75-48(3)86)66(98)63(95)51(44-83)111-69/h49-51,58-69,79-83,93-98H,4-45H2,1-3H3,(H,70,87)(H,71,88)(H,72,89)(H,73,84)(H,74,85)(H,75,86)(H,99,100)(H,101,102). The number of rotatable bonds is 62. The number of hydroxylamine groups is 2. The smallest absolute Gasteiger partial charge is 0.395 e. The summed E-state index contributed by atoms with van der Waals surface area (Å²) in [6, 6.07) is -3.25. The molecule has 0 bridgehead atoms. The first kappa shape index (κ1) is 103. The van der Waals surface area contributed by atoms with Crippen LogP contribution in [0.25, 0.3) is 0 Å². The van der Waals surface area contributed by atoms with Crippen molar-refractivity contribution in [3.63, 3.8) is 0 Å². The lowest BCUT2D eigenvalue weighted by molar-refractivity contribution is -0.270. The third-order valence-electron chi connectivity index (χ3n) is 18.4. The van der Waals surface area contributed by atoms with Gasteiger partial charge in [-0.15, -0.1) is 0 Å². The number of nitrogens with zero attached hydrogens (tertiary/aromatic N) is 3. The number of carbonyl (C=O) groups is 9. The Labute approximate surface area is 663 Å². The number of amides is 9. The molecule has 17 atom stereocenters. The quantitative estimate of drug-likeness (QED) is 0.0120. The Morgan fingerprint density at radius 3 is 1.02 bits per heavy atom. The Hall–Kier alpha value is -5.23. The van der Waals surface area contributed by atoms with Crippen molar-refractivity contribution in [3.05, 3.63) is 0 Å². The second-order valence-electron chi connectivity index (χ2n) is 27.7. The van der Waals surface area contributed by atoms with Crippen LogP contribution in [-0.2, 0) is 98.9 Å².